The third kappa shape index (κ3) is 3.26. The van der Waals surface area contributed by atoms with E-state index in [1.165, 1.54) is 7.11 Å². The van der Waals surface area contributed by atoms with Gasteiger partial charge in [0.25, 0.3) is 5.91 Å². The number of carbonyl (C=O) groups excluding carboxylic acids is 1. The zero-order valence-electron chi connectivity index (χ0n) is 11.5. The van der Waals surface area contributed by atoms with Crippen LogP contribution < -0.4 is 15.8 Å². The van der Waals surface area contributed by atoms with Gasteiger partial charge in [-0.05, 0) is 38.0 Å². The van der Waals surface area contributed by atoms with Crippen LogP contribution in [0, 0.1) is 0 Å². The Labute approximate surface area is 123 Å². The summed E-state index contributed by atoms with van der Waals surface area (Å²) in [4.78, 5) is 12.4. The zero-order chi connectivity index (χ0) is 14.7. The van der Waals surface area contributed by atoms with Crippen molar-refractivity contribution in [2.75, 3.05) is 12.4 Å². The number of nitrogens with one attached hydrogen (secondary N) is 1. The summed E-state index contributed by atoms with van der Waals surface area (Å²) < 4.78 is 10.8. The average Bonchev–Trinajstić information content (AvgIpc) is 2.85. The second-order valence-electron chi connectivity index (χ2n) is 4.78. The monoisotopic (exact) mass is 294 g/mol. The standard InChI is InChI=1S/C14H18N2O3S/c1-8-3-6-11(19-8)14(17)16-10-5-4-9(13(15)20)7-12(10)18-2/h4-5,7-8,11H,3,6H2,1-2H3,(H2,15,20)(H,16,17). The molecule has 1 heterocycles. The quantitative estimate of drug-likeness (QED) is 0.829. The molecule has 1 aromatic carbocycles. The molecule has 0 saturated carbocycles. The number of nitrogens with two attached hydrogens (primary N) is 1. The van der Waals surface area contributed by atoms with Crippen LogP contribution >= 0.6 is 12.2 Å². The molecular formula is C14H18N2O3S. The molecule has 3 N–H and O–H groups in total. The van der Waals surface area contributed by atoms with Crippen LogP contribution in [0.15, 0.2) is 18.2 Å². The highest BCUT2D eigenvalue weighted by molar-refractivity contribution is 7.80. The summed E-state index contributed by atoms with van der Waals surface area (Å²) >= 11 is 4.92. The molecule has 5 nitrogen and oxygen atoms in total. The highest BCUT2D eigenvalue weighted by atomic mass is 32.1. The minimum Gasteiger partial charge on any atom is -0.495 e. The van der Waals surface area contributed by atoms with E-state index in [1.54, 1.807) is 18.2 Å². The summed E-state index contributed by atoms with van der Waals surface area (Å²) in [5, 5.41) is 2.82. The molecule has 1 aromatic rings. The van der Waals surface area contributed by atoms with Crippen LogP contribution in [-0.4, -0.2) is 30.2 Å². The molecule has 0 spiro atoms. The number of hydrogen-bond acceptors (Lipinski definition) is 4. The van der Waals surface area contributed by atoms with Crippen molar-refractivity contribution < 1.29 is 14.3 Å². The number of anilines is 1. The van der Waals surface area contributed by atoms with Crippen molar-refractivity contribution in [3.05, 3.63) is 23.8 Å². The molecule has 1 saturated heterocycles. The maximum atomic E-state index is 12.1. The van der Waals surface area contributed by atoms with Gasteiger partial charge in [0.15, 0.2) is 0 Å². The number of carbonyl (C=O) groups is 1. The molecule has 0 aromatic heterocycles. The SMILES string of the molecule is COc1cc(C(N)=S)ccc1NC(=O)C1CCC(C)O1. The maximum absolute atomic E-state index is 12.1. The minimum absolute atomic E-state index is 0.129. The Kier molecular flexibility index (Phi) is 4.57. The molecular weight excluding hydrogens is 276 g/mol. The Morgan fingerprint density at radius 1 is 1.50 bits per heavy atom. The van der Waals surface area contributed by atoms with E-state index in [9.17, 15) is 4.79 Å². The molecule has 0 radical (unpaired) electrons. The van der Waals surface area contributed by atoms with E-state index in [1.807, 2.05) is 6.92 Å². The topological polar surface area (TPSA) is 73.6 Å². The lowest BCUT2D eigenvalue weighted by molar-refractivity contribution is -0.126. The lowest BCUT2D eigenvalue weighted by Gasteiger charge is -2.14. The fraction of sp³-hybridized carbons (Fsp3) is 0.429. The molecule has 1 amide bonds. The zero-order valence-corrected chi connectivity index (χ0v) is 12.3. The maximum Gasteiger partial charge on any atom is 0.253 e. The highest BCUT2D eigenvalue weighted by Crippen LogP contribution is 2.27. The largest absolute Gasteiger partial charge is 0.495 e. The summed E-state index contributed by atoms with van der Waals surface area (Å²) in [6.45, 7) is 1.96. The number of benzene rings is 1. The van der Waals surface area contributed by atoms with Crippen molar-refractivity contribution in [3.8, 4) is 5.75 Å². The number of amides is 1. The fourth-order valence-corrected chi connectivity index (χ4v) is 2.28. The van der Waals surface area contributed by atoms with Gasteiger partial charge < -0.3 is 20.5 Å². The first-order valence-corrected chi connectivity index (χ1v) is 6.86. The van der Waals surface area contributed by atoms with E-state index in [-0.39, 0.29) is 17.0 Å². The molecule has 2 unspecified atom stereocenters. The van der Waals surface area contributed by atoms with Crippen LogP contribution in [0.4, 0.5) is 5.69 Å². The van der Waals surface area contributed by atoms with Crippen LogP contribution in [0.25, 0.3) is 0 Å². The summed E-state index contributed by atoms with van der Waals surface area (Å²) in [6, 6.07) is 5.18. The van der Waals surface area contributed by atoms with E-state index in [2.05, 4.69) is 5.32 Å². The van der Waals surface area contributed by atoms with Crippen LogP contribution in [0.3, 0.4) is 0 Å². The van der Waals surface area contributed by atoms with Crippen molar-refractivity contribution in [2.24, 2.45) is 5.73 Å². The van der Waals surface area contributed by atoms with Gasteiger partial charge in [-0.15, -0.1) is 0 Å². The van der Waals surface area contributed by atoms with E-state index in [4.69, 9.17) is 27.4 Å². The van der Waals surface area contributed by atoms with Crippen molar-refractivity contribution in [2.45, 2.75) is 32.0 Å². The molecule has 2 rings (SSSR count). The molecule has 6 heteroatoms. The van der Waals surface area contributed by atoms with Crippen molar-refractivity contribution in [1.82, 2.24) is 0 Å². The number of methoxy groups -OCH3 is 1. The van der Waals surface area contributed by atoms with E-state index < -0.39 is 6.10 Å². The molecule has 2 atom stereocenters. The van der Waals surface area contributed by atoms with Gasteiger partial charge in [-0.1, -0.05) is 12.2 Å². The first-order chi connectivity index (χ1) is 9.51. The van der Waals surface area contributed by atoms with Gasteiger partial charge in [0.05, 0.1) is 18.9 Å². The van der Waals surface area contributed by atoms with Crippen LogP contribution in [0.2, 0.25) is 0 Å². The summed E-state index contributed by atoms with van der Waals surface area (Å²) in [5.74, 6) is 0.366. The first-order valence-electron chi connectivity index (χ1n) is 6.45. The van der Waals surface area contributed by atoms with Crippen LogP contribution in [0.1, 0.15) is 25.3 Å². The summed E-state index contributed by atoms with van der Waals surface area (Å²) in [5.41, 5.74) is 6.85. The lowest BCUT2D eigenvalue weighted by atomic mass is 10.1. The smallest absolute Gasteiger partial charge is 0.253 e. The van der Waals surface area contributed by atoms with Gasteiger partial charge in [-0.2, -0.15) is 0 Å². The van der Waals surface area contributed by atoms with Crippen molar-refractivity contribution in [1.29, 1.82) is 0 Å². The number of rotatable bonds is 4. The lowest BCUT2D eigenvalue weighted by Crippen LogP contribution is -2.28. The Morgan fingerprint density at radius 2 is 2.25 bits per heavy atom. The minimum atomic E-state index is -0.398. The molecule has 20 heavy (non-hydrogen) atoms. The normalized spacial score (nSPS) is 21.5. The van der Waals surface area contributed by atoms with Crippen molar-refractivity contribution >= 4 is 28.8 Å². The molecule has 1 aliphatic heterocycles. The molecule has 0 bridgehead atoms. The van der Waals surface area contributed by atoms with E-state index in [0.717, 1.165) is 12.8 Å². The Bertz CT molecular complexity index is 533. The summed E-state index contributed by atoms with van der Waals surface area (Å²) in [6.07, 6.45) is 1.37. The first kappa shape index (κ1) is 14.7. The molecule has 0 aliphatic carbocycles. The van der Waals surface area contributed by atoms with Gasteiger partial charge in [-0.25, -0.2) is 0 Å². The van der Waals surface area contributed by atoms with Gasteiger partial charge in [0.2, 0.25) is 0 Å². The summed E-state index contributed by atoms with van der Waals surface area (Å²) in [7, 11) is 1.53. The molecule has 108 valence electrons. The molecule has 1 fully saturated rings. The van der Waals surface area contributed by atoms with E-state index in [0.29, 0.717) is 17.0 Å². The van der Waals surface area contributed by atoms with E-state index >= 15 is 0 Å². The van der Waals surface area contributed by atoms with Gasteiger partial charge in [0.1, 0.15) is 16.8 Å². The molecule has 1 aliphatic rings. The Morgan fingerprint density at radius 3 is 2.80 bits per heavy atom. The number of hydrogen-bond donors (Lipinski definition) is 2. The second-order valence-corrected chi connectivity index (χ2v) is 5.22. The number of thiocarbonyl (C=S) groups is 1. The van der Waals surface area contributed by atoms with Gasteiger partial charge in [-0.3, -0.25) is 4.79 Å². The second kappa shape index (κ2) is 6.19. The Balaban J connectivity index is 2.12. The predicted molar refractivity (Wildman–Crippen MR) is 81.1 cm³/mol. The average molecular weight is 294 g/mol. The highest BCUT2D eigenvalue weighted by Gasteiger charge is 2.28. The Hall–Kier alpha value is -1.66. The van der Waals surface area contributed by atoms with Gasteiger partial charge >= 0.3 is 0 Å². The van der Waals surface area contributed by atoms with Crippen molar-refractivity contribution in [3.63, 3.8) is 0 Å². The van der Waals surface area contributed by atoms with Crippen LogP contribution in [0.5, 0.6) is 5.75 Å². The fourth-order valence-electron chi connectivity index (χ4n) is 2.16. The number of ether oxygens (including phenoxy) is 2. The van der Waals surface area contributed by atoms with Crippen LogP contribution in [-0.2, 0) is 9.53 Å². The van der Waals surface area contributed by atoms with Gasteiger partial charge in [0, 0.05) is 5.56 Å². The third-order valence-corrected chi connectivity index (χ3v) is 3.50. The third-order valence-electron chi connectivity index (χ3n) is 3.27. The predicted octanol–water partition coefficient (Wildman–Crippen LogP) is 1.84.